The molecule has 0 radical (unpaired) electrons. The van der Waals surface area contributed by atoms with E-state index in [1.165, 1.54) is 19.9 Å². The first-order valence-electron chi connectivity index (χ1n) is 5.42. The van der Waals surface area contributed by atoms with Gasteiger partial charge in [0.05, 0.1) is 5.69 Å². The third kappa shape index (κ3) is 4.06. The number of aliphatic carboxylic acids is 1. The van der Waals surface area contributed by atoms with Crippen LogP contribution in [0.4, 0.5) is 10.1 Å². The molecule has 6 nitrogen and oxygen atoms in total. The molecule has 0 aliphatic rings. The number of halogens is 1. The summed E-state index contributed by atoms with van der Waals surface area (Å²) >= 11 is 0. The van der Waals surface area contributed by atoms with Crippen LogP contribution in [0.25, 0.3) is 0 Å². The van der Waals surface area contributed by atoms with Crippen LogP contribution >= 0.6 is 0 Å². The fourth-order valence-corrected chi connectivity index (χ4v) is 1.29. The zero-order valence-electron chi connectivity index (χ0n) is 10.4. The molecule has 3 N–H and O–H groups in total. The molecule has 0 saturated carbocycles. The van der Waals surface area contributed by atoms with Gasteiger partial charge in [0.1, 0.15) is 11.9 Å². The molecular weight excluding hydrogens is 255 g/mol. The van der Waals surface area contributed by atoms with E-state index < -0.39 is 29.6 Å². The maximum Gasteiger partial charge on any atom is 0.325 e. The lowest BCUT2D eigenvalue weighted by Crippen LogP contribution is -2.38. The average molecular weight is 268 g/mol. The standard InChI is InChI=1S/C12H13FN2O4/c1-6(12(18)19)14-11(17)8-3-4-9(13)10(5-8)15-7(2)16/h3-6H,1-2H3,(H,14,17)(H,15,16)(H,18,19)/t6-/m1/s1. The molecule has 0 saturated heterocycles. The summed E-state index contributed by atoms with van der Waals surface area (Å²) in [5.74, 6) is -3.01. The number of hydrogen-bond donors (Lipinski definition) is 3. The van der Waals surface area contributed by atoms with Gasteiger partial charge in [0, 0.05) is 12.5 Å². The zero-order chi connectivity index (χ0) is 14.6. The molecule has 1 atom stereocenters. The van der Waals surface area contributed by atoms with Crippen LogP contribution in [0, 0.1) is 5.82 Å². The molecule has 2 amide bonds. The highest BCUT2D eigenvalue weighted by Gasteiger charge is 2.16. The number of nitrogens with one attached hydrogen (secondary N) is 2. The highest BCUT2D eigenvalue weighted by molar-refractivity contribution is 5.98. The third-order valence-corrected chi connectivity index (χ3v) is 2.26. The number of anilines is 1. The zero-order valence-corrected chi connectivity index (χ0v) is 10.4. The fraction of sp³-hybridized carbons (Fsp3) is 0.250. The largest absolute Gasteiger partial charge is 0.480 e. The van der Waals surface area contributed by atoms with Gasteiger partial charge in [-0.25, -0.2) is 4.39 Å². The van der Waals surface area contributed by atoms with E-state index in [0.29, 0.717) is 0 Å². The number of benzene rings is 1. The summed E-state index contributed by atoms with van der Waals surface area (Å²) in [5.41, 5.74) is -0.0821. The van der Waals surface area contributed by atoms with Gasteiger partial charge in [0.25, 0.3) is 5.91 Å². The number of carbonyl (C=O) groups excluding carboxylic acids is 2. The first-order valence-corrected chi connectivity index (χ1v) is 5.42. The van der Waals surface area contributed by atoms with Crippen molar-refractivity contribution in [3.05, 3.63) is 29.6 Å². The second-order valence-electron chi connectivity index (χ2n) is 3.91. The number of carbonyl (C=O) groups is 3. The summed E-state index contributed by atoms with van der Waals surface area (Å²) < 4.78 is 13.3. The van der Waals surface area contributed by atoms with E-state index >= 15 is 0 Å². The van der Waals surface area contributed by atoms with Crippen LogP contribution in [-0.2, 0) is 9.59 Å². The third-order valence-electron chi connectivity index (χ3n) is 2.26. The molecule has 1 rings (SSSR count). The van der Waals surface area contributed by atoms with Gasteiger partial charge in [-0.3, -0.25) is 14.4 Å². The van der Waals surface area contributed by atoms with Crippen molar-refractivity contribution in [2.24, 2.45) is 0 Å². The van der Waals surface area contributed by atoms with E-state index in [-0.39, 0.29) is 11.3 Å². The molecule has 19 heavy (non-hydrogen) atoms. The van der Waals surface area contributed by atoms with Crippen LogP contribution in [0.1, 0.15) is 24.2 Å². The molecule has 0 heterocycles. The minimum Gasteiger partial charge on any atom is -0.480 e. The summed E-state index contributed by atoms with van der Waals surface area (Å²) in [5, 5.41) is 13.1. The van der Waals surface area contributed by atoms with Crippen molar-refractivity contribution in [1.29, 1.82) is 0 Å². The van der Waals surface area contributed by atoms with Crippen LogP contribution in [0.3, 0.4) is 0 Å². The lowest BCUT2D eigenvalue weighted by atomic mass is 10.1. The molecule has 0 bridgehead atoms. The van der Waals surface area contributed by atoms with E-state index in [4.69, 9.17) is 5.11 Å². The van der Waals surface area contributed by atoms with Gasteiger partial charge >= 0.3 is 5.97 Å². The van der Waals surface area contributed by atoms with Crippen LogP contribution in [0.5, 0.6) is 0 Å². The molecular formula is C12H13FN2O4. The van der Waals surface area contributed by atoms with Gasteiger partial charge < -0.3 is 15.7 Å². The first kappa shape index (κ1) is 14.6. The van der Waals surface area contributed by atoms with Crippen LogP contribution < -0.4 is 10.6 Å². The van der Waals surface area contributed by atoms with Crippen molar-refractivity contribution < 1.29 is 23.9 Å². The Morgan fingerprint density at radius 2 is 1.95 bits per heavy atom. The van der Waals surface area contributed by atoms with Gasteiger partial charge in [0.15, 0.2) is 0 Å². The number of carboxylic acids is 1. The van der Waals surface area contributed by atoms with Gasteiger partial charge in [-0.05, 0) is 25.1 Å². The van der Waals surface area contributed by atoms with E-state index in [1.807, 2.05) is 0 Å². The lowest BCUT2D eigenvalue weighted by Gasteiger charge is -2.10. The van der Waals surface area contributed by atoms with Gasteiger partial charge in [-0.1, -0.05) is 0 Å². The van der Waals surface area contributed by atoms with Crippen molar-refractivity contribution >= 4 is 23.5 Å². The molecule has 1 aromatic rings. The summed E-state index contributed by atoms with van der Waals surface area (Å²) in [6, 6.07) is 2.29. The number of amides is 2. The average Bonchev–Trinajstić information content (AvgIpc) is 2.31. The maximum absolute atomic E-state index is 13.3. The first-order chi connectivity index (χ1) is 8.81. The van der Waals surface area contributed by atoms with Crippen LogP contribution in [0.15, 0.2) is 18.2 Å². The maximum atomic E-state index is 13.3. The smallest absolute Gasteiger partial charge is 0.325 e. The predicted molar refractivity (Wildman–Crippen MR) is 65.3 cm³/mol. The predicted octanol–water partition coefficient (Wildman–Crippen LogP) is 0.987. The summed E-state index contributed by atoms with van der Waals surface area (Å²) in [6.45, 7) is 2.51. The molecule has 0 unspecified atom stereocenters. The summed E-state index contributed by atoms with van der Waals surface area (Å²) in [6.07, 6.45) is 0. The van der Waals surface area contributed by atoms with Gasteiger partial charge in [-0.15, -0.1) is 0 Å². The van der Waals surface area contributed by atoms with E-state index in [1.54, 1.807) is 0 Å². The Hall–Kier alpha value is -2.44. The van der Waals surface area contributed by atoms with Gasteiger partial charge in [-0.2, -0.15) is 0 Å². The highest BCUT2D eigenvalue weighted by Crippen LogP contribution is 2.16. The lowest BCUT2D eigenvalue weighted by molar-refractivity contribution is -0.138. The monoisotopic (exact) mass is 268 g/mol. The van der Waals surface area contributed by atoms with E-state index in [9.17, 15) is 18.8 Å². The second-order valence-corrected chi connectivity index (χ2v) is 3.91. The van der Waals surface area contributed by atoms with Crippen LogP contribution in [0.2, 0.25) is 0 Å². The quantitative estimate of drug-likeness (QED) is 0.758. The van der Waals surface area contributed by atoms with Crippen molar-refractivity contribution in [3.8, 4) is 0 Å². The molecule has 0 aromatic heterocycles. The van der Waals surface area contributed by atoms with Crippen molar-refractivity contribution in [2.45, 2.75) is 19.9 Å². The Kier molecular flexibility index (Phi) is 4.57. The molecule has 0 fully saturated rings. The Bertz CT molecular complexity index is 530. The molecule has 0 aliphatic carbocycles. The number of rotatable bonds is 4. The molecule has 0 aliphatic heterocycles. The Morgan fingerprint density at radius 1 is 1.32 bits per heavy atom. The van der Waals surface area contributed by atoms with E-state index in [0.717, 1.165) is 12.1 Å². The summed E-state index contributed by atoms with van der Waals surface area (Å²) in [4.78, 5) is 33.2. The normalized spacial score (nSPS) is 11.5. The molecule has 7 heteroatoms. The van der Waals surface area contributed by atoms with Crippen molar-refractivity contribution in [3.63, 3.8) is 0 Å². The number of carboxylic acid groups (broad SMARTS) is 1. The SMILES string of the molecule is CC(=O)Nc1cc(C(=O)N[C@H](C)C(=O)O)ccc1F. The second kappa shape index (κ2) is 5.94. The Balaban J connectivity index is 2.92. The molecule has 1 aromatic carbocycles. The minimum absolute atomic E-state index is 0.0539. The minimum atomic E-state index is -1.18. The summed E-state index contributed by atoms with van der Waals surface area (Å²) in [7, 11) is 0. The Morgan fingerprint density at radius 3 is 2.47 bits per heavy atom. The van der Waals surface area contributed by atoms with Crippen molar-refractivity contribution in [2.75, 3.05) is 5.32 Å². The molecule has 0 spiro atoms. The topological polar surface area (TPSA) is 95.5 Å². The highest BCUT2D eigenvalue weighted by atomic mass is 19.1. The number of hydrogen-bond acceptors (Lipinski definition) is 3. The molecule has 102 valence electrons. The van der Waals surface area contributed by atoms with Crippen LogP contribution in [-0.4, -0.2) is 28.9 Å². The van der Waals surface area contributed by atoms with Gasteiger partial charge in [0.2, 0.25) is 5.91 Å². The fourth-order valence-electron chi connectivity index (χ4n) is 1.29. The van der Waals surface area contributed by atoms with E-state index in [2.05, 4.69) is 10.6 Å². The Labute approximate surface area is 108 Å². The van der Waals surface area contributed by atoms with Crippen molar-refractivity contribution in [1.82, 2.24) is 5.32 Å².